The highest BCUT2D eigenvalue weighted by Gasteiger charge is 2.27. The SMILES string of the molecule is CCCNC(=O)CN(c1ccc(F)cc1)S(=O)(=O)c1ccc(OCC)cc1. The number of nitrogens with zero attached hydrogens (tertiary/aromatic N) is 1. The van der Waals surface area contributed by atoms with Crippen molar-refractivity contribution in [3.8, 4) is 5.75 Å². The molecule has 0 radical (unpaired) electrons. The van der Waals surface area contributed by atoms with Gasteiger partial charge in [-0.05, 0) is 61.9 Å². The van der Waals surface area contributed by atoms with Gasteiger partial charge >= 0.3 is 0 Å². The van der Waals surface area contributed by atoms with Crippen molar-refractivity contribution >= 4 is 21.6 Å². The van der Waals surface area contributed by atoms with Crippen LogP contribution in [0.25, 0.3) is 0 Å². The van der Waals surface area contributed by atoms with E-state index in [2.05, 4.69) is 5.32 Å². The summed E-state index contributed by atoms with van der Waals surface area (Å²) in [6.07, 6.45) is 0.730. The van der Waals surface area contributed by atoms with Crippen LogP contribution in [0.1, 0.15) is 20.3 Å². The smallest absolute Gasteiger partial charge is 0.264 e. The molecule has 0 aliphatic carbocycles. The Morgan fingerprint density at radius 1 is 1.07 bits per heavy atom. The second-order valence-corrected chi connectivity index (χ2v) is 7.60. The van der Waals surface area contributed by atoms with Crippen molar-refractivity contribution in [3.63, 3.8) is 0 Å². The van der Waals surface area contributed by atoms with E-state index in [0.717, 1.165) is 22.9 Å². The zero-order chi connectivity index (χ0) is 19.9. The van der Waals surface area contributed by atoms with Crippen molar-refractivity contribution in [2.75, 3.05) is 24.0 Å². The maximum absolute atomic E-state index is 13.3. The average molecular weight is 394 g/mol. The molecule has 0 fully saturated rings. The van der Waals surface area contributed by atoms with Crippen molar-refractivity contribution in [2.24, 2.45) is 0 Å². The van der Waals surface area contributed by atoms with Crippen LogP contribution >= 0.6 is 0 Å². The van der Waals surface area contributed by atoms with Gasteiger partial charge in [0.15, 0.2) is 0 Å². The van der Waals surface area contributed by atoms with E-state index in [1.807, 2.05) is 13.8 Å². The summed E-state index contributed by atoms with van der Waals surface area (Å²) in [6.45, 7) is 4.23. The van der Waals surface area contributed by atoms with Crippen LogP contribution in [0.4, 0.5) is 10.1 Å². The number of rotatable bonds is 9. The summed E-state index contributed by atoms with van der Waals surface area (Å²) in [6, 6.07) is 10.9. The molecule has 8 heteroatoms. The lowest BCUT2D eigenvalue weighted by molar-refractivity contribution is -0.119. The van der Waals surface area contributed by atoms with Crippen molar-refractivity contribution < 1.29 is 22.3 Å². The van der Waals surface area contributed by atoms with Crippen LogP contribution < -0.4 is 14.4 Å². The number of carbonyl (C=O) groups is 1. The molecule has 1 N–H and O–H groups in total. The van der Waals surface area contributed by atoms with Gasteiger partial charge in [0.1, 0.15) is 18.1 Å². The molecule has 0 aromatic heterocycles. The first kappa shape index (κ1) is 20.7. The van der Waals surface area contributed by atoms with Gasteiger partial charge in [0, 0.05) is 6.54 Å². The predicted octanol–water partition coefficient (Wildman–Crippen LogP) is 2.95. The monoisotopic (exact) mass is 394 g/mol. The van der Waals surface area contributed by atoms with Crippen LogP contribution in [-0.4, -0.2) is 34.0 Å². The normalized spacial score (nSPS) is 11.1. The zero-order valence-corrected chi connectivity index (χ0v) is 16.1. The largest absolute Gasteiger partial charge is 0.494 e. The Hall–Kier alpha value is -2.61. The maximum atomic E-state index is 13.3. The maximum Gasteiger partial charge on any atom is 0.264 e. The fraction of sp³-hybridized carbons (Fsp3) is 0.316. The van der Waals surface area contributed by atoms with Crippen molar-refractivity contribution in [1.29, 1.82) is 0 Å². The third-order valence-electron chi connectivity index (χ3n) is 3.70. The molecular weight excluding hydrogens is 371 g/mol. The van der Waals surface area contributed by atoms with Crippen LogP contribution in [0.2, 0.25) is 0 Å². The van der Waals surface area contributed by atoms with Gasteiger partial charge in [0.2, 0.25) is 5.91 Å². The average Bonchev–Trinajstić information content (AvgIpc) is 2.66. The number of hydrogen-bond acceptors (Lipinski definition) is 4. The van der Waals surface area contributed by atoms with E-state index in [-0.39, 0.29) is 10.6 Å². The molecule has 2 aromatic rings. The van der Waals surface area contributed by atoms with Crippen LogP contribution in [0.15, 0.2) is 53.4 Å². The molecule has 0 aliphatic heterocycles. The summed E-state index contributed by atoms with van der Waals surface area (Å²) >= 11 is 0. The fourth-order valence-electron chi connectivity index (χ4n) is 2.37. The quantitative estimate of drug-likeness (QED) is 0.710. The molecule has 0 unspecified atom stereocenters. The van der Waals surface area contributed by atoms with Gasteiger partial charge in [-0.1, -0.05) is 6.92 Å². The molecule has 0 aliphatic rings. The predicted molar refractivity (Wildman–Crippen MR) is 102 cm³/mol. The van der Waals surface area contributed by atoms with Gasteiger partial charge in [-0.2, -0.15) is 0 Å². The molecule has 0 spiro atoms. The first-order valence-corrected chi connectivity index (χ1v) is 10.1. The molecule has 0 heterocycles. The van der Waals surface area contributed by atoms with Crippen molar-refractivity contribution in [2.45, 2.75) is 25.2 Å². The second kappa shape index (κ2) is 9.36. The Morgan fingerprint density at radius 2 is 1.70 bits per heavy atom. The standard InChI is InChI=1S/C19H23FN2O4S/c1-3-13-21-19(23)14-22(16-7-5-15(20)6-8-16)27(24,25)18-11-9-17(10-12-18)26-4-2/h5-12H,3-4,13-14H2,1-2H3,(H,21,23). The number of carbonyl (C=O) groups excluding carboxylic acids is 1. The minimum absolute atomic E-state index is 0.0126. The number of anilines is 1. The van der Waals surface area contributed by atoms with Crippen LogP contribution in [0.5, 0.6) is 5.75 Å². The van der Waals surface area contributed by atoms with Gasteiger partial charge in [0.25, 0.3) is 10.0 Å². The number of benzene rings is 2. The molecule has 1 amide bonds. The molecule has 2 rings (SSSR count). The summed E-state index contributed by atoms with van der Waals surface area (Å²) < 4.78 is 45.8. The lowest BCUT2D eigenvalue weighted by Gasteiger charge is -2.24. The molecule has 27 heavy (non-hydrogen) atoms. The first-order chi connectivity index (χ1) is 12.9. The van der Waals surface area contributed by atoms with Gasteiger partial charge in [-0.25, -0.2) is 12.8 Å². The molecule has 146 valence electrons. The van der Waals surface area contributed by atoms with E-state index in [1.54, 1.807) is 12.1 Å². The van der Waals surface area contributed by atoms with Gasteiger partial charge in [-0.15, -0.1) is 0 Å². The van der Waals surface area contributed by atoms with E-state index in [1.165, 1.54) is 24.3 Å². The Morgan fingerprint density at radius 3 is 2.26 bits per heavy atom. The Kier molecular flexibility index (Phi) is 7.18. The molecular formula is C19H23FN2O4S. The summed E-state index contributed by atoms with van der Waals surface area (Å²) in [7, 11) is -4.02. The number of sulfonamides is 1. The van der Waals surface area contributed by atoms with Crippen LogP contribution in [-0.2, 0) is 14.8 Å². The van der Waals surface area contributed by atoms with Crippen LogP contribution in [0.3, 0.4) is 0 Å². The Labute approximate surface area is 159 Å². The summed E-state index contributed by atoms with van der Waals surface area (Å²) in [5.41, 5.74) is 0.205. The van der Waals surface area contributed by atoms with E-state index >= 15 is 0 Å². The highest BCUT2D eigenvalue weighted by atomic mass is 32.2. The van der Waals surface area contributed by atoms with Crippen LogP contribution in [0, 0.1) is 5.82 Å². The molecule has 6 nitrogen and oxygen atoms in total. The lowest BCUT2D eigenvalue weighted by Crippen LogP contribution is -2.41. The van der Waals surface area contributed by atoms with Gasteiger partial charge < -0.3 is 10.1 Å². The van der Waals surface area contributed by atoms with Gasteiger partial charge in [-0.3, -0.25) is 9.10 Å². The third-order valence-corrected chi connectivity index (χ3v) is 5.48. The zero-order valence-electron chi connectivity index (χ0n) is 15.3. The fourth-order valence-corrected chi connectivity index (χ4v) is 3.80. The van der Waals surface area contributed by atoms with Crippen molar-refractivity contribution in [1.82, 2.24) is 5.32 Å². The minimum Gasteiger partial charge on any atom is -0.494 e. The summed E-state index contributed by atoms with van der Waals surface area (Å²) in [4.78, 5) is 12.2. The van der Waals surface area contributed by atoms with E-state index in [0.29, 0.717) is 18.9 Å². The second-order valence-electron chi connectivity index (χ2n) is 5.74. The number of ether oxygens (including phenoxy) is 1. The molecule has 0 atom stereocenters. The van der Waals surface area contributed by atoms with Crippen molar-refractivity contribution in [3.05, 3.63) is 54.3 Å². The lowest BCUT2D eigenvalue weighted by atomic mass is 10.3. The molecule has 0 saturated carbocycles. The topological polar surface area (TPSA) is 75.7 Å². The van der Waals surface area contributed by atoms with E-state index in [9.17, 15) is 17.6 Å². The molecule has 2 aromatic carbocycles. The third kappa shape index (κ3) is 5.43. The molecule has 0 saturated heterocycles. The summed E-state index contributed by atoms with van der Waals surface area (Å²) in [5.74, 6) is -0.381. The Balaban J connectivity index is 2.37. The summed E-state index contributed by atoms with van der Waals surface area (Å²) in [5, 5.41) is 2.65. The van der Waals surface area contributed by atoms with E-state index < -0.39 is 28.3 Å². The molecule has 0 bridgehead atoms. The van der Waals surface area contributed by atoms with E-state index in [4.69, 9.17) is 4.74 Å². The Bertz CT molecular complexity index is 852. The number of nitrogens with one attached hydrogen (secondary N) is 1. The van der Waals surface area contributed by atoms with Gasteiger partial charge in [0.05, 0.1) is 17.2 Å². The minimum atomic E-state index is -4.02. The number of halogens is 1. The highest BCUT2D eigenvalue weighted by molar-refractivity contribution is 7.92. The first-order valence-electron chi connectivity index (χ1n) is 8.66. The highest BCUT2D eigenvalue weighted by Crippen LogP contribution is 2.25. The number of hydrogen-bond donors (Lipinski definition) is 1. The number of amides is 1.